The van der Waals surface area contributed by atoms with Crippen LogP contribution in [0.4, 0.5) is 5.13 Å². The van der Waals surface area contributed by atoms with E-state index in [4.69, 9.17) is 4.74 Å². The van der Waals surface area contributed by atoms with E-state index in [9.17, 15) is 0 Å². The third-order valence-electron chi connectivity index (χ3n) is 3.26. The van der Waals surface area contributed by atoms with E-state index in [-0.39, 0.29) is 0 Å². The van der Waals surface area contributed by atoms with Gasteiger partial charge < -0.3 is 10.1 Å². The van der Waals surface area contributed by atoms with Crippen LogP contribution in [0.3, 0.4) is 0 Å². The summed E-state index contributed by atoms with van der Waals surface area (Å²) in [4.78, 5) is 2.46. The van der Waals surface area contributed by atoms with E-state index < -0.39 is 0 Å². The van der Waals surface area contributed by atoms with Gasteiger partial charge in [0.25, 0.3) is 0 Å². The second-order valence-corrected chi connectivity index (χ2v) is 5.77. The van der Waals surface area contributed by atoms with Gasteiger partial charge in [0.05, 0.1) is 6.54 Å². The monoisotopic (exact) mass is 270 g/mol. The Morgan fingerprint density at radius 3 is 2.83 bits per heavy atom. The van der Waals surface area contributed by atoms with Gasteiger partial charge in [0.1, 0.15) is 5.01 Å². The molecule has 5 nitrogen and oxygen atoms in total. The molecule has 1 aromatic rings. The Kier molecular flexibility index (Phi) is 5.34. The Morgan fingerprint density at radius 2 is 2.17 bits per heavy atom. The van der Waals surface area contributed by atoms with Crippen LogP contribution < -0.4 is 5.32 Å². The molecule has 1 saturated heterocycles. The van der Waals surface area contributed by atoms with Crippen LogP contribution >= 0.6 is 11.3 Å². The fourth-order valence-electron chi connectivity index (χ4n) is 2.28. The number of aromatic nitrogens is 2. The number of likely N-dealkylation sites (tertiary alicyclic amines) is 1. The van der Waals surface area contributed by atoms with Crippen LogP contribution in [0.25, 0.3) is 0 Å². The topological polar surface area (TPSA) is 50.3 Å². The molecule has 2 rings (SSSR count). The van der Waals surface area contributed by atoms with E-state index in [0.29, 0.717) is 0 Å². The molecule has 0 saturated carbocycles. The zero-order valence-corrected chi connectivity index (χ0v) is 12.0. The highest BCUT2D eigenvalue weighted by molar-refractivity contribution is 7.15. The number of rotatable bonds is 6. The Labute approximate surface area is 113 Å². The number of hydrogen-bond acceptors (Lipinski definition) is 6. The number of anilines is 1. The highest BCUT2D eigenvalue weighted by atomic mass is 32.1. The number of nitrogens with one attached hydrogen (secondary N) is 1. The average Bonchev–Trinajstić information content (AvgIpc) is 2.80. The van der Waals surface area contributed by atoms with E-state index in [1.54, 1.807) is 18.4 Å². The molecule has 1 fully saturated rings. The van der Waals surface area contributed by atoms with Crippen molar-refractivity contribution in [3.05, 3.63) is 5.01 Å². The van der Waals surface area contributed by atoms with Crippen molar-refractivity contribution in [1.82, 2.24) is 15.1 Å². The summed E-state index contributed by atoms with van der Waals surface area (Å²) in [7, 11) is 1.79. The van der Waals surface area contributed by atoms with Gasteiger partial charge in [-0.25, -0.2) is 0 Å². The molecule has 1 aliphatic rings. The lowest BCUT2D eigenvalue weighted by Crippen LogP contribution is -2.34. The maximum absolute atomic E-state index is 5.22. The standard InChI is InChI=1S/C12H22N4OS/c1-3-13-12-15-14-11(18-12)8-16-6-4-10(5-7-16)9-17-2/h10H,3-9H2,1-2H3,(H,13,15). The van der Waals surface area contributed by atoms with Crippen LogP contribution in [-0.4, -0.2) is 48.4 Å². The first kappa shape index (κ1) is 13.7. The molecule has 0 atom stereocenters. The summed E-state index contributed by atoms with van der Waals surface area (Å²) in [6, 6.07) is 0. The fourth-order valence-corrected chi connectivity index (χ4v) is 3.13. The Balaban J connectivity index is 1.76. The molecule has 6 heteroatoms. The fraction of sp³-hybridized carbons (Fsp3) is 0.833. The van der Waals surface area contributed by atoms with E-state index in [2.05, 4.69) is 27.3 Å². The second kappa shape index (κ2) is 7.01. The summed E-state index contributed by atoms with van der Waals surface area (Å²) in [5.74, 6) is 0.734. The van der Waals surface area contributed by atoms with Crippen molar-refractivity contribution in [2.75, 3.05) is 38.7 Å². The molecule has 1 N–H and O–H groups in total. The molecule has 1 aliphatic heterocycles. The van der Waals surface area contributed by atoms with Crippen molar-refractivity contribution < 1.29 is 4.74 Å². The van der Waals surface area contributed by atoms with Crippen LogP contribution in [0, 0.1) is 5.92 Å². The average molecular weight is 270 g/mol. The number of ether oxygens (including phenoxy) is 1. The Morgan fingerprint density at radius 1 is 1.39 bits per heavy atom. The van der Waals surface area contributed by atoms with Gasteiger partial charge in [-0.2, -0.15) is 0 Å². The molecule has 0 unspecified atom stereocenters. The minimum Gasteiger partial charge on any atom is -0.384 e. The summed E-state index contributed by atoms with van der Waals surface area (Å²) < 4.78 is 5.22. The molecule has 0 bridgehead atoms. The quantitative estimate of drug-likeness (QED) is 0.854. The smallest absolute Gasteiger partial charge is 0.205 e. The molecule has 0 radical (unpaired) electrons. The Bertz CT molecular complexity index is 350. The number of methoxy groups -OCH3 is 1. The second-order valence-electron chi connectivity index (χ2n) is 4.71. The minimum atomic E-state index is 0.734. The molecule has 0 aliphatic carbocycles. The third kappa shape index (κ3) is 3.90. The first-order valence-electron chi connectivity index (χ1n) is 6.59. The first-order chi connectivity index (χ1) is 8.81. The van der Waals surface area contributed by atoms with Crippen LogP contribution in [0.1, 0.15) is 24.8 Å². The molecule has 1 aromatic heterocycles. The van der Waals surface area contributed by atoms with Crippen molar-refractivity contribution in [2.45, 2.75) is 26.3 Å². The zero-order chi connectivity index (χ0) is 12.8. The maximum atomic E-state index is 5.22. The van der Waals surface area contributed by atoms with Gasteiger partial charge in [-0.1, -0.05) is 11.3 Å². The molecule has 18 heavy (non-hydrogen) atoms. The highest BCUT2D eigenvalue weighted by Crippen LogP contribution is 2.21. The number of nitrogens with zero attached hydrogens (tertiary/aromatic N) is 3. The van der Waals surface area contributed by atoms with Crippen LogP contribution in [0.5, 0.6) is 0 Å². The van der Waals surface area contributed by atoms with Crippen molar-refractivity contribution in [1.29, 1.82) is 0 Å². The van der Waals surface area contributed by atoms with Crippen molar-refractivity contribution in [3.8, 4) is 0 Å². The summed E-state index contributed by atoms with van der Waals surface area (Å²) >= 11 is 1.66. The normalized spacial score (nSPS) is 18.1. The molecule has 0 aromatic carbocycles. The van der Waals surface area contributed by atoms with Gasteiger partial charge in [0.15, 0.2) is 0 Å². The van der Waals surface area contributed by atoms with Crippen molar-refractivity contribution in [3.63, 3.8) is 0 Å². The van der Waals surface area contributed by atoms with Gasteiger partial charge >= 0.3 is 0 Å². The molecule has 102 valence electrons. The lowest BCUT2D eigenvalue weighted by atomic mass is 9.98. The molecular weight excluding hydrogens is 248 g/mol. The number of piperidine rings is 1. The number of hydrogen-bond donors (Lipinski definition) is 1. The molecule has 2 heterocycles. The van der Waals surface area contributed by atoms with Gasteiger partial charge in [-0.05, 0) is 38.8 Å². The van der Waals surface area contributed by atoms with E-state index in [0.717, 1.165) is 48.8 Å². The predicted molar refractivity (Wildman–Crippen MR) is 73.9 cm³/mol. The van der Waals surface area contributed by atoms with E-state index in [1.807, 2.05) is 0 Å². The zero-order valence-electron chi connectivity index (χ0n) is 11.2. The summed E-state index contributed by atoms with van der Waals surface area (Å²) in [6.45, 7) is 7.09. The van der Waals surface area contributed by atoms with Gasteiger partial charge in [0, 0.05) is 20.3 Å². The Hall–Kier alpha value is -0.720. The summed E-state index contributed by atoms with van der Waals surface area (Å²) in [5, 5.41) is 13.6. The first-order valence-corrected chi connectivity index (χ1v) is 7.41. The predicted octanol–water partition coefficient (Wildman–Crippen LogP) is 1.83. The molecule has 0 spiro atoms. The van der Waals surface area contributed by atoms with E-state index in [1.165, 1.54) is 12.8 Å². The van der Waals surface area contributed by atoms with Gasteiger partial charge in [-0.3, -0.25) is 4.90 Å². The minimum absolute atomic E-state index is 0.734. The summed E-state index contributed by atoms with van der Waals surface area (Å²) in [6.07, 6.45) is 2.46. The SMILES string of the molecule is CCNc1nnc(CN2CCC(COC)CC2)s1. The third-order valence-corrected chi connectivity index (χ3v) is 4.13. The lowest BCUT2D eigenvalue weighted by molar-refractivity contribution is 0.0967. The summed E-state index contributed by atoms with van der Waals surface area (Å²) in [5.41, 5.74) is 0. The maximum Gasteiger partial charge on any atom is 0.205 e. The molecule has 0 amide bonds. The van der Waals surface area contributed by atoms with Gasteiger partial charge in [-0.15, -0.1) is 10.2 Å². The largest absolute Gasteiger partial charge is 0.384 e. The van der Waals surface area contributed by atoms with E-state index >= 15 is 0 Å². The highest BCUT2D eigenvalue weighted by Gasteiger charge is 2.20. The van der Waals surface area contributed by atoms with Crippen LogP contribution in [-0.2, 0) is 11.3 Å². The van der Waals surface area contributed by atoms with Crippen molar-refractivity contribution >= 4 is 16.5 Å². The lowest BCUT2D eigenvalue weighted by Gasteiger charge is -2.30. The van der Waals surface area contributed by atoms with Gasteiger partial charge in [0.2, 0.25) is 5.13 Å². The van der Waals surface area contributed by atoms with Crippen molar-refractivity contribution in [2.24, 2.45) is 5.92 Å². The molecular formula is C12H22N4OS. The van der Waals surface area contributed by atoms with Crippen LogP contribution in [0.15, 0.2) is 0 Å². The van der Waals surface area contributed by atoms with Crippen LogP contribution in [0.2, 0.25) is 0 Å².